The van der Waals surface area contributed by atoms with Gasteiger partial charge in [0.15, 0.2) is 0 Å². The van der Waals surface area contributed by atoms with Crippen molar-refractivity contribution in [1.29, 1.82) is 5.26 Å². The molecular formula is C21H28N4O2. The molecule has 27 heavy (non-hydrogen) atoms. The monoisotopic (exact) mass is 368 g/mol. The van der Waals surface area contributed by atoms with Crippen LogP contribution in [-0.2, 0) is 9.59 Å². The van der Waals surface area contributed by atoms with E-state index in [0.717, 1.165) is 44.5 Å². The summed E-state index contributed by atoms with van der Waals surface area (Å²) in [5.74, 6) is 0.415. The minimum absolute atomic E-state index is 0.0556. The lowest BCUT2D eigenvalue weighted by molar-refractivity contribution is -0.140. The van der Waals surface area contributed by atoms with Crippen LogP contribution in [0.3, 0.4) is 0 Å². The van der Waals surface area contributed by atoms with Crippen molar-refractivity contribution in [3.8, 4) is 6.07 Å². The molecule has 0 saturated carbocycles. The number of likely N-dealkylation sites (tertiary alicyclic amines) is 2. The van der Waals surface area contributed by atoms with Gasteiger partial charge in [0, 0.05) is 37.8 Å². The minimum atomic E-state index is 0.0556. The van der Waals surface area contributed by atoms with Crippen LogP contribution >= 0.6 is 0 Å². The van der Waals surface area contributed by atoms with Gasteiger partial charge in [-0.25, -0.2) is 0 Å². The van der Waals surface area contributed by atoms with Crippen molar-refractivity contribution in [3.63, 3.8) is 0 Å². The Morgan fingerprint density at radius 2 is 1.59 bits per heavy atom. The van der Waals surface area contributed by atoms with Crippen LogP contribution in [0.1, 0.15) is 44.1 Å². The van der Waals surface area contributed by atoms with Crippen LogP contribution in [0.25, 0.3) is 0 Å². The number of anilines is 1. The van der Waals surface area contributed by atoms with Gasteiger partial charge in [-0.3, -0.25) is 9.59 Å². The molecule has 0 aromatic heterocycles. The number of rotatable bonds is 4. The van der Waals surface area contributed by atoms with E-state index in [0.29, 0.717) is 24.6 Å². The highest BCUT2D eigenvalue weighted by Crippen LogP contribution is 2.22. The van der Waals surface area contributed by atoms with Crippen LogP contribution < -0.4 is 5.32 Å². The number of hydrogen-bond acceptors (Lipinski definition) is 4. The van der Waals surface area contributed by atoms with Gasteiger partial charge in [-0.2, -0.15) is 5.26 Å². The Balaban J connectivity index is 1.43. The molecular weight excluding hydrogens is 340 g/mol. The number of nitrogens with one attached hydrogen (secondary N) is 1. The molecule has 2 amide bonds. The highest BCUT2D eigenvalue weighted by atomic mass is 16.2. The van der Waals surface area contributed by atoms with E-state index in [9.17, 15) is 9.59 Å². The Kier molecular flexibility index (Phi) is 6.69. The van der Waals surface area contributed by atoms with Crippen LogP contribution in [0.15, 0.2) is 24.3 Å². The average molecular weight is 368 g/mol. The predicted octanol–water partition coefficient (Wildman–Crippen LogP) is 2.61. The molecule has 2 aliphatic rings. The van der Waals surface area contributed by atoms with E-state index in [2.05, 4.69) is 11.4 Å². The molecule has 1 aromatic carbocycles. The lowest BCUT2D eigenvalue weighted by atomic mass is 9.95. The quantitative estimate of drug-likeness (QED) is 0.886. The van der Waals surface area contributed by atoms with Gasteiger partial charge in [0.1, 0.15) is 0 Å². The van der Waals surface area contributed by atoms with Crippen LogP contribution in [0, 0.1) is 17.2 Å². The standard InChI is InChI=1S/C21H28N4O2/c22-15-17-5-7-19(8-6-17)23-16-20(26)24-13-9-18(10-14-24)21(27)25-11-3-1-2-4-12-25/h5-8,18,23H,1-4,9-14,16H2. The maximum Gasteiger partial charge on any atom is 0.241 e. The fourth-order valence-corrected chi connectivity index (χ4v) is 3.88. The zero-order valence-electron chi connectivity index (χ0n) is 15.8. The zero-order valence-corrected chi connectivity index (χ0v) is 15.8. The summed E-state index contributed by atoms with van der Waals surface area (Å²) in [5, 5.41) is 11.9. The molecule has 0 atom stereocenters. The van der Waals surface area contributed by atoms with Gasteiger partial charge in [-0.05, 0) is 49.9 Å². The second kappa shape index (κ2) is 9.40. The minimum Gasteiger partial charge on any atom is -0.376 e. The first-order valence-corrected chi connectivity index (χ1v) is 9.98. The number of benzene rings is 1. The van der Waals surface area contributed by atoms with Gasteiger partial charge in [-0.1, -0.05) is 12.8 Å². The maximum absolute atomic E-state index is 12.7. The molecule has 3 rings (SSSR count). The first-order valence-electron chi connectivity index (χ1n) is 9.98. The van der Waals surface area contributed by atoms with E-state index in [1.165, 1.54) is 12.8 Å². The van der Waals surface area contributed by atoms with Crippen LogP contribution in [0.2, 0.25) is 0 Å². The number of piperidine rings is 1. The number of hydrogen-bond donors (Lipinski definition) is 1. The zero-order chi connectivity index (χ0) is 19.1. The van der Waals surface area contributed by atoms with Gasteiger partial charge in [0.05, 0.1) is 18.2 Å². The SMILES string of the molecule is N#Cc1ccc(NCC(=O)N2CCC(C(=O)N3CCCCCC3)CC2)cc1. The van der Waals surface area contributed by atoms with Gasteiger partial charge < -0.3 is 15.1 Å². The lowest BCUT2D eigenvalue weighted by Gasteiger charge is -2.34. The van der Waals surface area contributed by atoms with Crippen LogP contribution in [-0.4, -0.2) is 54.3 Å². The molecule has 6 heteroatoms. The molecule has 1 aromatic rings. The Morgan fingerprint density at radius 3 is 2.19 bits per heavy atom. The number of nitriles is 1. The first kappa shape index (κ1) is 19.2. The number of amides is 2. The van der Waals surface area contributed by atoms with Gasteiger partial charge in [0.25, 0.3) is 0 Å². The summed E-state index contributed by atoms with van der Waals surface area (Å²) in [4.78, 5) is 29.1. The lowest BCUT2D eigenvalue weighted by Crippen LogP contribution is -2.46. The summed E-state index contributed by atoms with van der Waals surface area (Å²) in [6, 6.07) is 9.14. The fraction of sp³-hybridized carbons (Fsp3) is 0.571. The van der Waals surface area contributed by atoms with Crippen molar-refractivity contribution in [2.45, 2.75) is 38.5 Å². The third-order valence-electron chi connectivity index (χ3n) is 5.57. The molecule has 1 N–H and O–H groups in total. The Bertz CT molecular complexity index is 679. The normalized spacial score (nSPS) is 18.5. The summed E-state index contributed by atoms with van der Waals surface area (Å²) < 4.78 is 0. The van der Waals surface area contributed by atoms with Crippen molar-refractivity contribution in [1.82, 2.24) is 9.80 Å². The van der Waals surface area contributed by atoms with Crippen molar-refractivity contribution in [2.24, 2.45) is 5.92 Å². The van der Waals surface area contributed by atoms with Crippen LogP contribution in [0.5, 0.6) is 0 Å². The van der Waals surface area contributed by atoms with E-state index >= 15 is 0 Å². The number of nitrogens with zero attached hydrogens (tertiary/aromatic N) is 3. The average Bonchev–Trinajstić information content (AvgIpc) is 3.01. The second-order valence-electron chi connectivity index (χ2n) is 7.44. The topological polar surface area (TPSA) is 76.4 Å². The Morgan fingerprint density at radius 1 is 0.963 bits per heavy atom. The molecule has 0 radical (unpaired) electrons. The largest absolute Gasteiger partial charge is 0.376 e. The first-order chi connectivity index (χ1) is 13.2. The molecule has 2 heterocycles. The van der Waals surface area contributed by atoms with Gasteiger partial charge >= 0.3 is 0 Å². The third-order valence-corrected chi connectivity index (χ3v) is 5.57. The maximum atomic E-state index is 12.7. The summed E-state index contributed by atoms with van der Waals surface area (Å²) in [6.07, 6.45) is 6.20. The van der Waals surface area contributed by atoms with E-state index in [4.69, 9.17) is 5.26 Å². The third kappa shape index (κ3) is 5.22. The van der Waals surface area contributed by atoms with Crippen molar-refractivity contribution in [3.05, 3.63) is 29.8 Å². The van der Waals surface area contributed by atoms with Crippen LogP contribution in [0.4, 0.5) is 5.69 Å². The molecule has 2 fully saturated rings. The summed E-state index contributed by atoms with van der Waals surface area (Å²) in [6.45, 7) is 3.33. The van der Waals surface area contributed by atoms with Gasteiger partial charge in [0.2, 0.25) is 11.8 Å². The fourth-order valence-electron chi connectivity index (χ4n) is 3.88. The van der Waals surface area contributed by atoms with E-state index in [1.54, 1.807) is 24.3 Å². The van der Waals surface area contributed by atoms with E-state index in [-0.39, 0.29) is 18.4 Å². The molecule has 0 bridgehead atoms. The molecule has 2 saturated heterocycles. The van der Waals surface area contributed by atoms with Crippen molar-refractivity contribution < 1.29 is 9.59 Å². The highest BCUT2D eigenvalue weighted by molar-refractivity contribution is 5.82. The van der Waals surface area contributed by atoms with E-state index < -0.39 is 0 Å². The Hall–Kier alpha value is -2.55. The summed E-state index contributed by atoms with van der Waals surface area (Å²) >= 11 is 0. The summed E-state index contributed by atoms with van der Waals surface area (Å²) in [5.41, 5.74) is 1.43. The molecule has 0 unspecified atom stereocenters. The molecule has 6 nitrogen and oxygen atoms in total. The molecule has 144 valence electrons. The predicted molar refractivity (Wildman–Crippen MR) is 104 cm³/mol. The van der Waals surface area contributed by atoms with Crippen molar-refractivity contribution in [2.75, 3.05) is 38.0 Å². The summed E-state index contributed by atoms with van der Waals surface area (Å²) in [7, 11) is 0. The Labute approximate surface area is 161 Å². The smallest absolute Gasteiger partial charge is 0.241 e. The highest BCUT2D eigenvalue weighted by Gasteiger charge is 2.30. The molecule has 0 spiro atoms. The van der Waals surface area contributed by atoms with Gasteiger partial charge in [-0.15, -0.1) is 0 Å². The van der Waals surface area contributed by atoms with E-state index in [1.807, 2.05) is 9.80 Å². The second-order valence-corrected chi connectivity index (χ2v) is 7.44. The van der Waals surface area contributed by atoms with Crippen molar-refractivity contribution >= 4 is 17.5 Å². The molecule has 2 aliphatic heterocycles. The number of carbonyl (C=O) groups is 2. The number of carbonyl (C=O) groups excluding carboxylic acids is 2. The molecule has 0 aliphatic carbocycles.